The van der Waals surface area contributed by atoms with Crippen LogP contribution in [0, 0.1) is 0 Å². The minimum atomic E-state index is -0.495. The van der Waals surface area contributed by atoms with Gasteiger partial charge in [-0.3, -0.25) is 4.90 Å². The first-order valence-corrected chi connectivity index (χ1v) is 8.49. The number of nitrogens with zero attached hydrogens (tertiary/aromatic N) is 2. The number of carbonyl (C=O) groups is 1. The number of hydrogen-bond donors (Lipinski definition) is 0. The fourth-order valence-electron chi connectivity index (χ4n) is 3.20. The van der Waals surface area contributed by atoms with Crippen molar-refractivity contribution in [3.63, 3.8) is 0 Å². The molecule has 1 fully saturated rings. The van der Waals surface area contributed by atoms with Crippen LogP contribution >= 0.6 is 0 Å². The molecule has 0 bridgehead atoms. The van der Waals surface area contributed by atoms with Crippen molar-refractivity contribution in [1.82, 2.24) is 9.47 Å². The van der Waals surface area contributed by atoms with E-state index in [1.54, 1.807) is 4.57 Å². The fraction of sp³-hybridized carbons (Fsp3) is 0.526. The van der Waals surface area contributed by atoms with Gasteiger partial charge in [0.05, 0.1) is 5.52 Å². The standard InChI is InChI=1S/C19H26N2O2/c1-19(2,3)23-18(22)21-16(14-20-11-7-4-8-12-20)13-15-9-5-6-10-17(15)21/h5-6,9-10,13H,4,7-8,11-12,14H2,1-3H3. The number of piperidine rings is 1. The lowest BCUT2D eigenvalue weighted by molar-refractivity contribution is 0.0535. The second kappa shape index (κ2) is 6.36. The summed E-state index contributed by atoms with van der Waals surface area (Å²) in [7, 11) is 0. The van der Waals surface area contributed by atoms with Crippen molar-refractivity contribution < 1.29 is 9.53 Å². The number of carbonyl (C=O) groups excluding carboxylic acids is 1. The minimum Gasteiger partial charge on any atom is -0.443 e. The number of benzene rings is 1. The lowest BCUT2D eigenvalue weighted by Gasteiger charge is -2.27. The Balaban J connectivity index is 1.95. The zero-order valence-corrected chi connectivity index (χ0v) is 14.3. The molecule has 23 heavy (non-hydrogen) atoms. The Morgan fingerprint density at radius 2 is 1.83 bits per heavy atom. The lowest BCUT2D eigenvalue weighted by Crippen LogP contribution is -2.32. The number of aromatic nitrogens is 1. The predicted octanol–water partition coefficient (Wildman–Crippen LogP) is 4.41. The van der Waals surface area contributed by atoms with E-state index in [2.05, 4.69) is 17.0 Å². The molecule has 0 unspecified atom stereocenters. The van der Waals surface area contributed by atoms with E-state index in [1.807, 2.05) is 39.0 Å². The SMILES string of the molecule is CC(C)(C)OC(=O)n1c(CN2CCCCC2)cc2ccccc21. The van der Waals surface area contributed by atoms with Gasteiger partial charge in [-0.05, 0) is 58.8 Å². The van der Waals surface area contributed by atoms with Crippen molar-refractivity contribution in [3.8, 4) is 0 Å². The van der Waals surface area contributed by atoms with E-state index in [4.69, 9.17) is 4.74 Å². The molecule has 0 radical (unpaired) electrons. The monoisotopic (exact) mass is 314 g/mol. The summed E-state index contributed by atoms with van der Waals surface area (Å²) in [5, 5.41) is 1.09. The molecule has 0 N–H and O–H groups in total. The Kier molecular flexibility index (Phi) is 4.44. The van der Waals surface area contributed by atoms with Crippen LogP contribution in [-0.2, 0) is 11.3 Å². The molecule has 0 saturated carbocycles. The zero-order valence-electron chi connectivity index (χ0n) is 14.3. The van der Waals surface area contributed by atoms with Crippen LogP contribution in [0.25, 0.3) is 10.9 Å². The number of hydrogen-bond acceptors (Lipinski definition) is 3. The Hall–Kier alpha value is -1.81. The average molecular weight is 314 g/mol. The fourth-order valence-corrected chi connectivity index (χ4v) is 3.20. The van der Waals surface area contributed by atoms with Gasteiger partial charge in [0.15, 0.2) is 0 Å². The Morgan fingerprint density at radius 3 is 2.52 bits per heavy atom. The van der Waals surface area contributed by atoms with Gasteiger partial charge in [0, 0.05) is 17.6 Å². The van der Waals surface area contributed by atoms with Gasteiger partial charge in [0.25, 0.3) is 0 Å². The van der Waals surface area contributed by atoms with Gasteiger partial charge in [-0.15, -0.1) is 0 Å². The molecule has 0 amide bonds. The van der Waals surface area contributed by atoms with Gasteiger partial charge < -0.3 is 4.74 Å². The van der Waals surface area contributed by atoms with Crippen LogP contribution in [0.4, 0.5) is 4.79 Å². The second-order valence-electron chi connectivity index (χ2n) is 7.35. The van der Waals surface area contributed by atoms with Gasteiger partial charge in [0.2, 0.25) is 0 Å². The molecule has 4 heteroatoms. The zero-order chi connectivity index (χ0) is 16.4. The van der Waals surface area contributed by atoms with Crippen LogP contribution in [0.5, 0.6) is 0 Å². The predicted molar refractivity (Wildman–Crippen MR) is 92.7 cm³/mol. The molecule has 3 rings (SSSR count). The van der Waals surface area contributed by atoms with E-state index >= 15 is 0 Å². The lowest BCUT2D eigenvalue weighted by atomic mass is 10.1. The maximum Gasteiger partial charge on any atom is 0.419 e. The minimum absolute atomic E-state index is 0.286. The molecule has 1 aliphatic heterocycles. The topological polar surface area (TPSA) is 34.5 Å². The molecular formula is C19H26N2O2. The van der Waals surface area contributed by atoms with Crippen LogP contribution in [0.15, 0.2) is 30.3 Å². The van der Waals surface area contributed by atoms with Crippen LogP contribution in [-0.4, -0.2) is 34.3 Å². The third-order valence-corrected chi connectivity index (χ3v) is 4.20. The first-order chi connectivity index (χ1) is 10.9. The van der Waals surface area contributed by atoms with Gasteiger partial charge in [-0.2, -0.15) is 0 Å². The maximum absolute atomic E-state index is 12.7. The summed E-state index contributed by atoms with van der Waals surface area (Å²) < 4.78 is 7.37. The largest absolute Gasteiger partial charge is 0.443 e. The molecule has 2 heterocycles. The van der Waals surface area contributed by atoms with Crippen LogP contribution in [0.1, 0.15) is 45.7 Å². The van der Waals surface area contributed by atoms with E-state index in [9.17, 15) is 4.79 Å². The Bertz CT molecular complexity index is 691. The molecule has 2 aromatic rings. The van der Waals surface area contributed by atoms with Gasteiger partial charge in [-0.25, -0.2) is 9.36 Å². The van der Waals surface area contributed by atoms with Crippen molar-refractivity contribution in [2.45, 2.75) is 52.2 Å². The van der Waals surface area contributed by atoms with Crippen LogP contribution < -0.4 is 0 Å². The number of para-hydroxylation sites is 1. The summed E-state index contributed by atoms with van der Waals surface area (Å²) in [6.45, 7) is 8.72. The molecule has 124 valence electrons. The third kappa shape index (κ3) is 3.75. The maximum atomic E-state index is 12.7. The van der Waals surface area contributed by atoms with Crippen molar-refractivity contribution in [1.29, 1.82) is 0 Å². The van der Waals surface area contributed by atoms with E-state index in [-0.39, 0.29) is 6.09 Å². The van der Waals surface area contributed by atoms with Crippen molar-refractivity contribution in [2.75, 3.05) is 13.1 Å². The molecule has 1 aromatic heterocycles. The highest BCUT2D eigenvalue weighted by molar-refractivity contribution is 5.91. The van der Waals surface area contributed by atoms with E-state index in [1.165, 1.54) is 19.3 Å². The van der Waals surface area contributed by atoms with Gasteiger partial charge in [-0.1, -0.05) is 24.6 Å². The van der Waals surface area contributed by atoms with Crippen molar-refractivity contribution >= 4 is 17.0 Å². The van der Waals surface area contributed by atoms with E-state index in [0.29, 0.717) is 0 Å². The van der Waals surface area contributed by atoms with Crippen molar-refractivity contribution in [2.24, 2.45) is 0 Å². The third-order valence-electron chi connectivity index (χ3n) is 4.20. The molecule has 0 aliphatic carbocycles. The first kappa shape index (κ1) is 16.1. The second-order valence-corrected chi connectivity index (χ2v) is 7.35. The smallest absolute Gasteiger partial charge is 0.419 e. The summed E-state index contributed by atoms with van der Waals surface area (Å²) in [5.74, 6) is 0. The van der Waals surface area contributed by atoms with Gasteiger partial charge >= 0.3 is 6.09 Å². The Labute approximate surface area is 138 Å². The molecule has 0 atom stereocenters. The summed E-state index contributed by atoms with van der Waals surface area (Å²) in [4.78, 5) is 15.1. The number of ether oxygens (including phenoxy) is 1. The van der Waals surface area contributed by atoms with E-state index < -0.39 is 5.60 Å². The first-order valence-electron chi connectivity index (χ1n) is 8.49. The van der Waals surface area contributed by atoms with Crippen LogP contribution in [0.3, 0.4) is 0 Å². The number of rotatable bonds is 2. The molecule has 1 aliphatic rings. The highest BCUT2D eigenvalue weighted by atomic mass is 16.6. The van der Waals surface area contributed by atoms with Gasteiger partial charge in [0.1, 0.15) is 5.60 Å². The average Bonchev–Trinajstić information content (AvgIpc) is 2.84. The van der Waals surface area contributed by atoms with E-state index in [0.717, 1.165) is 36.2 Å². The summed E-state index contributed by atoms with van der Waals surface area (Å²) in [6, 6.07) is 10.1. The molecule has 1 aromatic carbocycles. The molecular weight excluding hydrogens is 288 g/mol. The highest BCUT2D eigenvalue weighted by Gasteiger charge is 2.23. The molecule has 1 saturated heterocycles. The summed E-state index contributed by atoms with van der Waals surface area (Å²) in [6.07, 6.45) is 3.51. The highest BCUT2D eigenvalue weighted by Crippen LogP contribution is 2.24. The number of fused-ring (bicyclic) bond motifs is 1. The van der Waals surface area contributed by atoms with Crippen LogP contribution in [0.2, 0.25) is 0 Å². The number of likely N-dealkylation sites (tertiary alicyclic amines) is 1. The normalized spacial score (nSPS) is 16.7. The summed E-state index contributed by atoms with van der Waals surface area (Å²) >= 11 is 0. The van der Waals surface area contributed by atoms with Crippen molar-refractivity contribution in [3.05, 3.63) is 36.0 Å². The quantitative estimate of drug-likeness (QED) is 0.823. The molecule has 0 spiro atoms. The molecule has 4 nitrogen and oxygen atoms in total. The summed E-state index contributed by atoms with van der Waals surface area (Å²) in [5.41, 5.74) is 1.45. The Morgan fingerprint density at radius 1 is 1.13 bits per heavy atom.